The summed E-state index contributed by atoms with van der Waals surface area (Å²) in [7, 11) is 0. The molecule has 3 heteroatoms. The summed E-state index contributed by atoms with van der Waals surface area (Å²) in [5.74, 6) is 0.158. The van der Waals surface area contributed by atoms with Gasteiger partial charge in [0.25, 0.3) is 0 Å². The van der Waals surface area contributed by atoms with Crippen molar-refractivity contribution in [1.29, 1.82) is 5.26 Å². The first-order chi connectivity index (χ1) is 11.8. The predicted molar refractivity (Wildman–Crippen MR) is 91.3 cm³/mol. The average molecular weight is 319 g/mol. The van der Waals surface area contributed by atoms with Gasteiger partial charge >= 0.3 is 0 Å². The summed E-state index contributed by atoms with van der Waals surface area (Å²) >= 11 is 0. The number of nitrogens with zero attached hydrogens (tertiary/aromatic N) is 1. The van der Waals surface area contributed by atoms with E-state index in [-0.39, 0.29) is 17.1 Å². The lowest BCUT2D eigenvalue weighted by molar-refractivity contribution is -0.185. The van der Waals surface area contributed by atoms with Crippen molar-refractivity contribution >= 4 is 10.8 Å². The monoisotopic (exact) mass is 319 g/mol. The van der Waals surface area contributed by atoms with E-state index in [1.807, 2.05) is 0 Å². The van der Waals surface area contributed by atoms with E-state index in [1.54, 1.807) is 0 Å². The Balaban J connectivity index is 1.44. The van der Waals surface area contributed by atoms with E-state index >= 15 is 0 Å². The van der Waals surface area contributed by atoms with Gasteiger partial charge in [0.05, 0.1) is 25.2 Å². The van der Waals surface area contributed by atoms with Crippen molar-refractivity contribution in [2.45, 2.75) is 37.4 Å². The molecule has 0 bridgehead atoms. The van der Waals surface area contributed by atoms with Gasteiger partial charge in [-0.15, -0.1) is 0 Å². The van der Waals surface area contributed by atoms with E-state index < -0.39 is 0 Å². The third-order valence-corrected chi connectivity index (χ3v) is 6.49. The number of nitriles is 1. The van der Waals surface area contributed by atoms with Crippen LogP contribution in [-0.4, -0.2) is 19.0 Å². The van der Waals surface area contributed by atoms with Gasteiger partial charge in [-0.05, 0) is 34.6 Å². The second-order valence-electron chi connectivity index (χ2n) is 7.53. The summed E-state index contributed by atoms with van der Waals surface area (Å²) in [6.07, 6.45) is 3.91. The molecule has 0 amide bonds. The van der Waals surface area contributed by atoms with E-state index in [1.165, 1.54) is 16.3 Å². The summed E-state index contributed by atoms with van der Waals surface area (Å²) < 4.78 is 11.7. The van der Waals surface area contributed by atoms with Crippen LogP contribution in [0.15, 0.2) is 42.5 Å². The molecule has 2 aromatic rings. The Hall–Kier alpha value is -1.89. The first-order valence-corrected chi connectivity index (χ1v) is 8.93. The lowest BCUT2D eigenvalue weighted by Gasteiger charge is -2.36. The molecule has 1 saturated heterocycles. The third-order valence-electron chi connectivity index (χ3n) is 6.49. The van der Waals surface area contributed by atoms with Crippen LogP contribution in [0, 0.1) is 22.7 Å². The SMILES string of the molecule is N#C[C@@H]1[C@@H](c2ccc3ccccc3c2)C12CCC1(CC2)OCCO1. The van der Waals surface area contributed by atoms with Gasteiger partial charge in [0.1, 0.15) is 0 Å². The highest BCUT2D eigenvalue weighted by molar-refractivity contribution is 5.83. The number of hydrogen-bond donors (Lipinski definition) is 0. The Morgan fingerprint density at radius 1 is 0.917 bits per heavy atom. The number of fused-ring (bicyclic) bond motifs is 1. The zero-order valence-electron chi connectivity index (χ0n) is 13.7. The minimum Gasteiger partial charge on any atom is -0.348 e. The highest BCUT2D eigenvalue weighted by atomic mass is 16.7. The molecule has 0 aromatic heterocycles. The Kier molecular flexibility index (Phi) is 3.04. The van der Waals surface area contributed by atoms with E-state index in [4.69, 9.17) is 9.47 Å². The van der Waals surface area contributed by atoms with E-state index in [0.29, 0.717) is 19.1 Å². The van der Waals surface area contributed by atoms with Gasteiger partial charge in [-0.2, -0.15) is 5.26 Å². The van der Waals surface area contributed by atoms with Gasteiger partial charge < -0.3 is 9.47 Å². The molecule has 24 heavy (non-hydrogen) atoms. The molecule has 122 valence electrons. The van der Waals surface area contributed by atoms with Crippen LogP contribution in [0.1, 0.15) is 37.2 Å². The smallest absolute Gasteiger partial charge is 0.168 e. The van der Waals surface area contributed by atoms with Crippen LogP contribution in [0.2, 0.25) is 0 Å². The molecule has 3 aliphatic rings. The molecule has 0 radical (unpaired) electrons. The molecule has 3 fully saturated rings. The Labute approximate surface area is 142 Å². The molecule has 3 nitrogen and oxygen atoms in total. The quantitative estimate of drug-likeness (QED) is 0.783. The second kappa shape index (κ2) is 5.05. The van der Waals surface area contributed by atoms with Crippen molar-refractivity contribution in [3.63, 3.8) is 0 Å². The summed E-state index contributed by atoms with van der Waals surface area (Å²) in [6, 6.07) is 17.7. The van der Waals surface area contributed by atoms with Gasteiger partial charge in [0.2, 0.25) is 0 Å². The van der Waals surface area contributed by atoms with Crippen molar-refractivity contribution in [2.75, 3.05) is 13.2 Å². The molecule has 2 saturated carbocycles. The first kappa shape index (κ1) is 14.5. The van der Waals surface area contributed by atoms with E-state index in [9.17, 15) is 5.26 Å². The standard InChI is InChI=1S/C21H21NO2/c22-14-18-19(17-6-5-15-3-1-2-4-16(15)13-17)20(18)7-9-21(10-8-20)23-11-12-24-21/h1-6,13,18-19H,7-12H2/t18-,19-/m1/s1. The van der Waals surface area contributed by atoms with Crippen molar-refractivity contribution < 1.29 is 9.47 Å². The van der Waals surface area contributed by atoms with Crippen molar-refractivity contribution in [3.05, 3.63) is 48.0 Å². The maximum atomic E-state index is 9.71. The molecule has 2 aromatic carbocycles. The molecule has 2 aliphatic carbocycles. The van der Waals surface area contributed by atoms with E-state index in [0.717, 1.165) is 25.7 Å². The van der Waals surface area contributed by atoms with Crippen LogP contribution >= 0.6 is 0 Å². The van der Waals surface area contributed by atoms with Crippen LogP contribution in [0.3, 0.4) is 0 Å². The largest absolute Gasteiger partial charge is 0.348 e. The molecule has 2 atom stereocenters. The molecule has 5 rings (SSSR count). The fourth-order valence-electron chi connectivity index (χ4n) is 5.12. The van der Waals surface area contributed by atoms with Crippen LogP contribution in [0.4, 0.5) is 0 Å². The van der Waals surface area contributed by atoms with Gasteiger partial charge in [-0.25, -0.2) is 0 Å². The van der Waals surface area contributed by atoms with Gasteiger partial charge in [-0.3, -0.25) is 0 Å². The number of hydrogen-bond acceptors (Lipinski definition) is 3. The Morgan fingerprint density at radius 2 is 1.62 bits per heavy atom. The van der Waals surface area contributed by atoms with Crippen LogP contribution in [0.25, 0.3) is 10.8 Å². The average Bonchev–Trinajstić information content (AvgIpc) is 3.02. The molecule has 1 aliphatic heterocycles. The molecule has 2 spiro atoms. The van der Waals surface area contributed by atoms with Crippen molar-refractivity contribution in [2.24, 2.45) is 11.3 Å². The molecule has 1 heterocycles. The number of rotatable bonds is 1. The van der Waals surface area contributed by atoms with Crippen molar-refractivity contribution in [1.82, 2.24) is 0 Å². The summed E-state index contributed by atoms with van der Waals surface area (Å²) in [6.45, 7) is 1.42. The molecule has 0 unspecified atom stereocenters. The second-order valence-corrected chi connectivity index (χ2v) is 7.53. The maximum absolute atomic E-state index is 9.71. The summed E-state index contributed by atoms with van der Waals surface area (Å²) in [4.78, 5) is 0. The summed E-state index contributed by atoms with van der Waals surface area (Å²) in [5.41, 5.74) is 1.46. The number of benzene rings is 2. The minimum absolute atomic E-state index is 0.136. The lowest BCUT2D eigenvalue weighted by atomic mass is 9.79. The van der Waals surface area contributed by atoms with Crippen LogP contribution in [0.5, 0.6) is 0 Å². The lowest BCUT2D eigenvalue weighted by Crippen LogP contribution is -2.36. The van der Waals surface area contributed by atoms with E-state index in [2.05, 4.69) is 48.5 Å². The maximum Gasteiger partial charge on any atom is 0.168 e. The van der Waals surface area contributed by atoms with Gasteiger partial charge in [-0.1, -0.05) is 42.5 Å². The van der Waals surface area contributed by atoms with Crippen LogP contribution < -0.4 is 0 Å². The molecular formula is C21H21NO2. The zero-order chi connectivity index (χ0) is 16.2. The predicted octanol–water partition coefficient (Wildman–Crippen LogP) is 4.38. The molecular weight excluding hydrogens is 298 g/mol. The fraction of sp³-hybridized carbons (Fsp3) is 0.476. The van der Waals surface area contributed by atoms with Gasteiger partial charge in [0, 0.05) is 18.8 Å². The topological polar surface area (TPSA) is 42.2 Å². The highest BCUT2D eigenvalue weighted by Crippen LogP contribution is 2.72. The Bertz CT molecular complexity index is 821. The zero-order valence-corrected chi connectivity index (χ0v) is 13.7. The Morgan fingerprint density at radius 3 is 2.33 bits per heavy atom. The summed E-state index contributed by atoms with van der Waals surface area (Å²) in [5, 5.41) is 12.2. The molecule has 0 N–H and O–H groups in total. The van der Waals surface area contributed by atoms with Crippen LogP contribution in [-0.2, 0) is 9.47 Å². The third kappa shape index (κ3) is 1.97. The fourth-order valence-corrected chi connectivity index (χ4v) is 5.12. The van der Waals surface area contributed by atoms with Crippen molar-refractivity contribution in [3.8, 4) is 6.07 Å². The number of ether oxygens (including phenoxy) is 2. The highest BCUT2D eigenvalue weighted by Gasteiger charge is 2.67. The normalized spacial score (nSPS) is 29.8. The minimum atomic E-state index is -0.345. The van der Waals surface area contributed by atoms with Gasteiger partial charge in [0.15, 0.2) is 5.79 Å². The first-order valence-electron chi connectivity index (χ1n) is 8.93.